The summed E-state index contributed by atoms with van der Waals surface area (Å²) in [7, 11) is 1.82. The van der Waals surface area contributed by atoms with Crippen LogP contribution in [0, 0.1) is 10.1 Å². The van der Waals surface area contributed by atoms with Crippen LogP contribution in [-0.2, 0) is 12.5 Å². The Morgan fingerprint density at radius 3 is 2.59 bits per heavy atom. The molecule has 0 bridgehead atoms. The summed E-state index contributed by atoms with van der Waals surface area (Å²) in [6.07, 6.45) is 3.85. The molecule has 0 aliphatic carbocycles. The molecule has 17 heavy (non-hydrogen) atoms. The molecule has 0 radical (unpaired) electrons. The maximum atomic E-state index is 10.8. The Kier molecular flexibility index (Phi) is 3.70. The average molecular weight is 237 g/mol. The second kappa shape index (κ2) is 4.69. The number of rotatable bonds is 3. The molecule has 0 aliphatic heterocycles. The van der Waals surface area contributed by atoms with Crippen LogP contribution in [0.5, 0.6) is 0 Å². The van der Waals surface area contributed by atoms with Crippen LogP contribution in [0.3, 0.4) is 0 Å². The van der Waals surface area contributed by atoms with Gasteiger partial charge in [0.25, 0.3) is 0 Å². The molecule has 0 amide bonds. The number of nitrogens with zero attached hydrogens (tertiary/aromatic N) is 3. The van der Waals surface area contributed by atoms with E-state index in [-0.39, 0.29) is 16.0 Å². The molecule has 0 saturated carbocycles. The first-order valence-electron chi connectivity index (χ1n) is 5.64. The number of hydrogen-bond donors (Lipinski definition) is 0. The van der Waals surface area contributed by atoms with E-state index >= 15 is 0 Å². The first-order chi connectivity index (χ1) is 7.75. The molecule has 0 spiro atoms. The summed E-state index contributed by atoms with van der Waals surface area (Å²) in [6.45, 7) is 7.92. The Bertz CT molecular complexity index is 453. The molecule has 0 unspecified atom stereocenters. The highest BCUT2D eigenvalue weighted by Gasteiger charge is 2.22. The normalized spacial score (nSPS) is 12.9. The van der Waals surface area contributed by atoms with E-state index < -0.39 is 0 Å². The zero-order valence-corrected chi connectivity index (χ0v) is 11.0. The maximum absolute atomic E-state index is 10.8. The molecule has 94 valence electrons. The van der Waals surface area contributed by atoms with Crippen LogP contribution in [0.1, 0.15) is 45.4 Å². The number of nitro groups is 1. The monoisotopic (exact) mass is 237 g/mol. The SMILES string of the molecule is CCC(=Cc1cn(C)nc1C(C)(C)C)[N+](=O)[O-]. The Balaban J connectivity index is 3.27. The highest BCUT2D eigenvalue weighted by molar-refractivity contribution is 5.54. The van der Waals surface area contributed by atoms with Crippen LogP contribution in [-0.4, -0.2) is 14.7 Å². The Morgan fingerprint density at radius 1 is 1.59 bits per heavy atom. The summed E-state index contributed by atoms with van der Waals surface area (Å²) in [4.78, 5) is 10.5. The fraction of sp³-hybridized carbons (Fsp3) is 0.583. The van der Waals surface area contributed by atoms with E-state index in [0.29, 0.717) is 6.42 Å². The summed E-state index contributed by atoms with van der Waals surface area (Å²) >= 11 is 0. The van der Waals surface area contributed by atoms with Gasteiger partial charge in [-0.15, -0.1) is 0 Å². The van der Waals surface area contributed by atoms with Gasteiger partial charge in [-0.3, -0.25) is 14.8 Å². The first kappa shape index (κ1) is 13.4. The van der Waals surface area contributed by atoms with Crippen molar-refractivity contribution in [2.45, 2.75) is 39.5 Å². The molecule has 1 aromatic heterocycles. The van der Waals surface area contributed by atoms with Crippen LogP contribution in [0.4, 0.5) is 0 Å². The Hall–Kier alpha value is -1.65. The molecule has 0 fully saturated rings. The van der Waals surface area contributed by atoms with Crippen LogP contribution >= 0.6 is 0 Å². The highest BCUT2D eigenvalue weighted by Crippen LogP contribution is 2.26. The molecule has 0 aromatic carbocycles. The zero-order chi connectivity index (χ0) is 13.2. The molecule has 0 N–H and O–H groups in total. The largest absolute Gasteiger partial charge is 0.275 e. The number of hydrogen-bond acceptors (Lipinski definition) is 3. The molecule has 5 heteroatoms. The van der Waals surface area contributed by atoms with Crippen LogP contribution in [0.15, 0.2) is 11.9 Å². The van der Waals surface area contributed by atoms with Crippen molar-refractivity contribution in [2.75, 3.05) is 0 Å². The third kappa shape index (κ3) is 3.15. The molecule has 5 nitrogen and oxygen atoms in total. The molecule has 0 saturated heterocycles. The molecule has 1 heterocycles. The van der Waals surface area contributed by atoms with Crippen molar-refractivity contribution >= 4 is 6.08 Å². The second-order valence-electron chi connectivity index (χ2n) is 5.10. The first-order valence-corrected chi connectivity index (χ1v) is 5.64. The minimum Gasteiger partial charge on any atom is -0.275 e. The van der Waals surface area contributed by atoms with Crippen molar-refractivity contribution in [3.8, 4) is 0 Å². The van der Waals surface area contributed by atoms with Gasteiger partial charge in [0.2, 0.25) is 5.70 Å². The number of aryl methyl sites for hydroxylation is 1. The lowest BCUT2D eigenvalue weighted by Crippen LogP contribution is -2.14. The smallest absolute Gasteiger partial charge is 0.246 e. The van der Waals surface area contributed by atoms with Crippen LogP contribution in [0.25, 0.3) is 6.08 Å². The van der Waals surface area contributed by atoms with Gasteiger partial charge in [0, 0.05) is 36.7 Å². The lowest BCUT2D eigenvalue weighted by atomic mass is 9.89. The third-order valence-electron chi connectivity index (χ3n) is 2.49. The van der Waals surface area contributed by atoms with Gasteiger partial charge in [-0.05, 0) is 0 Å². The van der Waals surface area contributed by atoms with Crippen molar-refractivity contribution in [1.29, 1.82) is 0 Å². The van der Waals surface area contributed by atoms with Gasteiger partial charge in [0.1, 0.15) is 0 Å². The summed E-state index contributed by atoms with van der Waals surface area (Å²) in [5.74, 6) is 0. The van der Waals surface area contributed by atoms with E-state index in [4.69, 9.17) is 0 Å². The average Bonchev–Trinajstić information content (AvgIpc) is 2.55. The summed E-state index contributed by atoms with van der Waals surface area (Å²) in [6, 6.07) is 0. The van der Waals surface area contributed by atoms with Gasteiger partial charge in [-0.1, -0.05) is 27.7 Å². The lowest BCUT2D eigenvalue weighted by Gasteiger charge is -2.16. The van der Waals surface area contributed by atoms with E-state index in [1.165, 1.54) is 0 Å². The third-order valence-corrected chi connectivity index (χ3v) is 2.49. The van der Waals surface area contributed by atoms with E-state index in [2.05, 4.69) is 5.10 Å². The topological polar surface area (TPSA) is 61.0 Å². The van der Waals surface area contributed by atoms with E-state index in [0.717, 1.165) is 11.3 Å². The Labute approximate surface area is 101 Å². The van der Waals surface area contributed by atoms with Gasteiger partial charge in [0.05, 0.1) is 10.6 Å². The molecular formula is C12H19N3O2. The van der Waals surface area contributed by atoms with Gasteiger partial charge in [0.15, 0.2) is 0 Å². The molecular weight excluding hydrogens is 218 g/mol. The van der Waals surface area contributed by atoms with Crippen molar-refractivity contribution in [3.63, 3.8) is 0 Å². The van der Waals surface area contributed by atoms with Crippen molar-refractivity contribution in [1.82, 2.24) is 9.78 Å². The molecule has 1 rings (SSSR count). The van der Waals surface area contributed by atoms with E-state index in [1.807, 2.05) is 34.0 Å². The Morgan fingerprint density at radius 2 is 2.18 bits per heavy atom. The fourth-order valence-corrected chi connectivity index (χ4v) is 1.66. The van der Waals surface area contributed by atoms with Gasteiger partial charge < -0.3 is 0 Å². The van der Waals surface area contributed by atoms with E-state index in [9.17, 15) is 10.1 Å². The summed E-state index contributed by atoms with van der Waals surface area (Å²) < 4.78 is 1.69. The molecule has 1 aromatic rings. The predicted molar refractivity (Wildman–Crippen MR) is 67.2 cm³/mol. The van der Waals surface area contributed by atoms with Crippen LogP contribution in [0.2, 0.25) is 0 Å². The van der Waals surface area contributed by atoms with Gasteiger partial charge in [-0.2, -0.15) is 5.10 Å². The summed E-state index contributed by atoms with van der Waals surface area (Å²) in [5.41, 5.74) is 1.80. The molecule has 0 aliphatic rings. The zero-order valence-electron chi connectivity index (χ0n) is 11.0. The highest BCUT2D eigenvalue weighted by atomic mass is 16.6. The minimum absolute atomic E-state index is 0.122. The fourth-order valence-electron chi connectivity index (χ4n) is 1.66. The van der Waals surface area contributed by atoms with Gasteiger partial charge in [-0.25, -0.2) is 0 Å². The number of allylic oxidation sites excluding steroid dienone is 1. The second-order valence-corrected chi connectivity index (χ2v) is 5.10. The van der Waals surface area contributed by atoms with Crippen molar-refractivity contribution in [3.05, 3.63) is 33.3 Å². The van der Waals surface area contributed by atoms with Crippen LogP contribution < -0.4 is 0 Å². The number of aromatic nitrogens is 2. The molecule has 0 atom stereocenters. The van der Waals surface area contributed by atoms with E-state index in [1.54, 1.807) is 17.7 Å². The lowest BCUT2D eigenvalue weighted by molar-refractivity contribution is -0.425. The summed E-state index contributed by atoms with van der Waals surface area (Å²) in [5, 5.41) is 15.2. The van der Waals surface area contributed by atoms with Crippen molar-refractivity contribution in [2.24, 2.45) is 7.05 Å². The van der Waals surface area contributed by atoms with Crippen molar-refractivity contribution < 1.29 is 4.92 Å². The van der Waals surface area contributed by atoms with Gasteiger partial charge >= 0.3 is 0 Å². The minimum atomic E-state index is -0.334. The standard InChI is InChI=1S/C12H19N3O2/c1-6-10(15(16)17)7-9-8-14(5)13-11(9)12(2,3)4/h7-8H,6H2,1-5H3. The quantitative estimate of drug-likeness (QED) is 0.600. The predicted octanol–water partition coefficient (Wildman–Crippen LogP) is 2.75. The maximum Gasteiger partial charge on any atom is 0.246 e.